The third-order valence-corrected chi connectivity index (χ3v) is 7.90. The van der Waals surface area contributed by atoms with E-state index in [1.165, 1.54) is 24.9 Å². The van der Waals surface area contributed by atoms with E-state index in [0.29, 0.717) is 18.5 Å². The minimum absolute atomic E-state index is 0.0108. The topological polar surface area (TPSA) is 92.6 Å². The molecule has 0 unspecified atom stereocenters. The van der Waals surface area contributed by atoms with E-state index in [-0.39, 0.29) is 30.2 Å². The molecule has 3 aromatic rings. The lowest BCUT2D eigenvalue weighted by Crippen LogP contribution is -2.51. The Morgan fingerprint density at radius 3 is 2.46 bits per heavy atom. The molecule has 12 heteroatoms. The number of piperidine rings is 1. The summed E-state index contributed by atoms with van der Waals surface area (Å²) in [6.07, 6.45) is -0.738. The predicted molar refractivity (Wildman–Crippen MR) is 144 cm³/mol. The van der Waals surface area contributed by atoms with E-state index < -0.39 is 23.8 Å². The molecule has 0 radical (unpaired) electrons. The fraction of sp³-hybridized carbons (Fsp3) is 0.448. The van der Waals surface area contributed by atoms with Gasteiger partial charge in [-0.1, -0.05) is 47.7 Å². The number of amides is 1. The highest BCUT2D eigenvalue weighted by Gasteiger charge is 2.42. The van der Waals surface area contributed by atoms with Gasteiger partial charge in [0.15, 0.2) is 5.69 Å². The van der Waals surface area contributed by atoms with Crippen LogP contribution in [0, 0.1) is 0 Å². The molecule has 3 heterocycles. The fourth-order valence-corrected chi connectivity index (χ4v) is 5.76. The number of likely N-dealkylation sites (tertiary alicyclic amines) is 2. The van der Waals surface area contributed by atoms with Crippen LogP contribution in [0.5, 0.6) is 0 Å². The van der Waals surface area contributed by atoms with Gasteiger partial charge in [0.05, 0.1) is 31.0 Å². The van der Waals surface area contributed by atoms with Crippen molar-refractivity contribution in [3.05, 3.63) is 83.2 Å². The summed E-state index contributed by atoms with van der Waals surface area (Å²) >= 11 is 0. The Kier molecular flexibility index (Phi) is 8.69. The summed E-state index contributed by atoms with van der Waals surface area (Å²) in [5.41, 5.74) is 0.974. The number of carbonyl (C=O) groups is 2. The molecule has 2 aliphatic heterocycles. The van der Waals surface area contributed by atoms with Gasteiger partial charge in [-0.15, -0.1) is 5.10 Å². The Balaban J connectivity index is 1.28. The van der Waals surface area contributed by atoms with Crippen LogP contribution in [0.1, 0.15) is 52.5 Å². The number of nitrogens with one attached hydrogen (secondary N) is 1. The summed E-state index contributed by atoms with van der Waals surface area (Å²) in [4.78, 5) is 30.0. The number of esters is 1. The molecule has 2 fully saturated rings. The zero-order valence-electron chi connectivity index (χ0n) is 22.8. The van der Waals surface area contributed by atoms with Gasteiger partial charge in [0, 0.05) is 25.7 Å². The van der Waals surface area contributed by atoms with Gasteiger partial charge in [-0.25, -0.2) is 9.48 Å². The number of benzene rings is 2. The van der Waals surface area contributed by atoms with Crippen LogP contribution >= 0.6 is 0 Å². The first-order chi connectivity index (χ1) is 19.7. The van der Waals surface area contributed by atoms with Gasteiger partial charge in [0.1, 0.15) is 0 Å². The first kappa shape index (κ1) is 28.7. The first-order valence-corrected chi connectivity index (χ1v) is 13.7. The number of rotatable bonds is 8. The van der Waals surface area contributed by atoms with Gasteiger partial charge in [-0.3, -0.25) is 14.6 Å². The SMILES string of the molecule is COC(=O)c1cn([C@@H]2C[C@@H](C(=O)NCc3cccc(C(F)(F)F)c3)N(C3CCN(Cc4ccccc4)CC3)C2)nn1. The largest absolute Gasteiger partial charge is 0.464 e. The Labute approximate surface area is 236 Å². The van der Waals surface area contributed by atoms with E-state index in [0.717, 1.165) is 44.6 Å². The average molecular weight is 571 g/mol. The zero-order valence-corrected chi connectivity index (χ0v) is 22.8. The highest BCUT2D eigenvalue weighted by atomic mass is 19.4. The second-order valence-electron chi connectivity index (χ2n) is 10.6. The molecule has 0 spiro atoms. The minimum Gasteiger partial charge on any atom is -0.464 e. The minimum atomic E-state index is -4.45. The number of nitrogens with zero attached hydrogens (tertiary/aromatic N) is 5. The summed E-state index contributed by atoms with van der Waals surface area (Å²) in [6.45, 7) is 3.16. The molecule has 0 saturated carbocycles. The normalized spacial score (nSPS) is 20.7. The summed E-state index contributed by atoms with van der Waals surface area (Å²) < 4.78 is 45.8. The molecular weight excluding hydrogens is 537 g/mol. The average Bonchev–Trinajstić information content (AvgIpc) is 3.65. The van der Waals surface area contributed by atoms with E-state index in [1.54, 1.807) is 10.7 Å². The summed E-state index contributed by atoms with van der Waals surface area (Å²) in [6, 6.07) is 14.7. The number of methoxy groups -OCH3 is 1. The molecule has 0 aliphatic carbocycles. The van der Waals surface area contributed by atoms with Crippen molar-refractivity contribution in [2.24, 2.45) is 0 Å². The molecule has 5 rings (SSSR count). The van der Waals surface area contributed by atoms with E-state index in [1.807, 2.05) is 18.2 Å². The van der Waals surface area contributed by atoms with Gasteiger partial charge in [-0.05, 0) is 55.6 Å². The molecule has 1 N–H and O–H groups in total. The first-order valence-electron chi connectivity index (χ1n) is 13.7. The Morgan fingerprint density at radius 1 is 1.02 bits per heavy atom. The summed E-state index contributed by atoms with van der Waals surface area (Å²) in [7, 11) is 1.27. The van der Waals surface area contributed by atoms with Crippen molar-refractivity contribution in [1.29, 1.82) is 0 Å². The maximum atomic E-state index is 13.5. The van der Waals surface area contributed by atoms with Crippen LogP contribution in [0.4, 0.5) is 13.2 Å². The zero-order chi connectivity index (χ0) is 29.0. The second-order valence-corrected chi connectivity index (χ2v) is 10.6. The van der Waals surface area contributed by atoms with Crippen molar-refractivity contribution in [3.63, 3.8) is 0 Å². The van der Waals surface area contributed by atoms with Gasteiger partial charge in [0.25, 0.3) is 0 Å². The van der Waals surface area contributed by atoms with Crippen molar-refractivity contribution in [1.82, 2.24) is 30.1 Å². The highest BCUT2D eigenvalue weighted by Crippen LogP contribution is 2.33. The van der Waals surface area contributed by atoms with Crippen LogP contribution in [-0.2, 0) is 28.8 Å². The molecule has 2 saturated heterocycles. The third-order valence-electron chi connectivity index (χ3n) is 7.90. The number of ether oxygens (including phenoxy) is 1. The van der Waals surface area contributed by atoms with Crippen molar-refractivity contribution < 1.29 is 27.5 Å². The van der Waals surface area contributed by atoms with E-state index >= 15 is 0 Å². The van der Waals surface area contributed by atoms with Gasteiger partial charge >= 0.3 is 12.1 Å². The van der Waals surface area contributed by atoms with Crippen LogP contribution in [-0.4, -0.2) is 75.5 Å². The van der Waals surface area contributed by atoms with Crippen molar-refractivity contribution in [3.8, 4) is 0 Å². The van der Waals surface area contributed by atoms with Crippen LogP contribution in [0.25, 0.3) is 0 Å². The Morgan fingerprint density at radius 2 is 1.76 bits per heavy atom. The van der Waals surface area contributed by atoms with Crippen molar-refractivity contribution in [2.45, 2.75) is 56.7 Å². The van der Waals surface area contributed by atoms with Crippen molar-refractivity contribution in [2.75, 3.05) is 26.7 Å². The Hall–Kier alpha value is -3.77. The number of carbonyl (C=O) groups excluding carboxylic acids is 2. The summed E-state index contributed by atoms with van der Waals surface area (Å²) in [5.74, 6) is -0.836. The van der Waals surface area contributed by atoms with Gasteiger partial charge in [-0.2, -0.15) is 13.2 Å². The van der Waals surface area contributed by atoms with Crippen LogP contribution < -0.4 is 5.32 Å². The lowest BCUT2D eigenvalue weighted by Gasteiger charge is -2.39. The second kappa shape index (κ2) is 12.4. The molecule has 2 atom stereocenters. The molecule has 41 heavy (non-hydrogen) atoms. The number of halogens is 3. The maximum Gasteiger partial charge on any atom is 0.416 e. The molecule has 9 nitrogen and oxygen atoms in total. The van der Waals surface area contributed by atoms with Crippen LogP contribution in [0.15, 0.2) is 60.8 Å². The molecule has 0 bridgehead atoms. The van der Waals surface area contributed by atoms with Gasteiger partial charge in [0.2, 0.25) is 5.91 Å². The van der Waals surface area contributed by atoms with E-state index in [2.05, 4.69) is 37.6 Å². The monoisotopic (exact) mass is 570 g/mol. The molecule has 2 aliphatic rings. The maximum absolute atomic E-state index is 13.5. The third kappa shape index (κ3) is 6.94. The van der Waals surface area contributed by atoms with Crippen LogP contribution in [0.3, 0.4) is 0 Å². The lowest BCUT2D eigenvalue weighted by molar-refractivity contribution is -0.137. The fourth-order valence-electron chi connectivity index (χ4n) is 5.76. The van der Waals surface area contributed by atoms with E-state index in [9.17, 15) is 22.8 Å². The molecular formula is C29H33F3N6O3. The Bertz CT molecular complexity index is 1340. The highest BCUT2D eigenvalue weighted by molar-refractivity contribution is 5.86. The standard InChI is InChI=1S/C29H33F3N6O3/c1-41-28(40)25-19-38(35-34-25)24-15-26(27(39)33-16-21-8-5-9-22(14-21)29(30,31)32)37(18-24)23-10-12-36(13-11-23)17-20-6-3-2-4-7-20/h2-9,14,19,23-24,26H,10-13,15-18H2,1H3,(H,33,39)/t24-,26+/m1/s1. The number of aromatic nitrogens is 3. The lowest BCUT2D eigenvalue weighted by atomic mass is 10.0. The molecule has 2 aromatic carbocycles. The molecule has 1 amide bonds. The predicted octanol–water partition coefficient (Wildman–Crippen LogP) is 3.68. The van der Waals surface area contributed by atoms with Crippen LogP contribution in [0.2, 0.25) is 0 Å². The van der Waals surface area contributed by atoms with Crippen molar-refractivity contribution >= 4 is 11.9 Å². The number of hydrogen-bond acceptors (Lipinski definition) is 7. The quantitative estimate of drug-likeness (QED) is 0.413. The van der Waals surface area contributed by atoms with E-state index in [4.69, 9.17) is 4.74 Å². The number of alkyl halides is 3. The summed E-state index contributed by atoms with van der Waals surface area (Å²) in [5, 5.41) is 10.9. The van der Waals surface area contributed by atoms with Gasteiger partial charge < -0.3 is 10.1 Å². The molecule has 218 valence electrons. The molecule has 1 aromatic heterocycles. The smallest absolute Gasteiger partial charge is 0.416 e. The number of hydrogen-bond donors (Lipinski definition) is 1.